The average molecular weight is 252 g/mol. The van der Waals surface area contributed by atoms with Crippen molar-refractivity contribution >= 4 is 0 Å². The fourth-order valence-corrected chi connectivity index (χ4v) is 1.55. The number of unbranched alkanes of at least 4 members (excludes halogenated alkanes) is 2. The lowest BCUT2D eigenvalue weighted by molar-refractivity contribution is 0.280. The molecule has 1 aromatic carbocycles. The Morgan fingerprint density at radius 1 is 0.944 bits per heavy atom. The number of aryl methyl sites for hydroxylation is 2. The monoisotopic (exact) mass is 252 g/mol. The fraction of sp³-hybridized carbons (Fsp3) is 0.625. The molecule has 2 nitrogen and oxygen atoms in total. The van der Waals surface area contributed by atoms with E-state index in [9.17, 15) is 5.11 Å². The van der Waals surface area contributed by atoms with Gasteiger partial charge in [0.15, 0.2) is 0 Å². The van der Waals surface area contributed by atoms with E-state index in [0.717, 1.165) is 36.0 Å². The van der Waals surface area contributed by atoms with Gasteiger partial charge in [-0.15, -0.1) is 0 Å². The van der Waals surface area contributed by atoms with Crippen molar-refractivity contribution in [2.45, 2.75) is 66.4 Å². The molecule has 0 radical (unpaired) electrons. The first kappa shape index (κ1) is 17.0. The molecular weight excluding hydrogens is 224 g/mol. The van der Waals surface area contributed by atoms with Gasteiger partial charge in [0.1, 0.15) is 5.75 Å². The largest absolute Gasteiger partial charge is 0.508 e. The minimum atomic E-state index is 0.0557. The third-order valence-electron chi connectivity index (χ3n) is 2.99. The zero-order chi connectivity index (χ0) is 14.0. The molecule has 0 atom stereocenters. The molecule has 0 amide bonds. The number of aliphatic hydroxyl groups is 1. The van der Waals surface area contributed by atoms with Gasteiger partial charge in [-0.2, -0.15) is 0 Å². The van der Waals surface area contributed by atoms with Crippen LogP contribution < -0.4 is 0 Å². The summed E-state index contributed by atoms with van der Waals surface area (Å²) < 4.78 is 0. The molecule has 0 aliphatic heterocycles. The number of hydrogen-bond donors (Lipinski definition) is 2. The van der Waals surface area contributed by atoms with Crippen LogP contribution >= 0.6 is 0 Å². The van der Waals surface area contributed by atoms with Crippen molar-refractivity contribution < 1.29 is 10.2 Å². The second kappa shape index (κ2) is 9.95. The highest BCUT2D eigenvalue weighted by molar-refractivity contribution is 5.41. The normalized spacial score (nSPS) is 9.83. The van der Waals surface area contributed by atoms with Crippen LogP contribution in [0.2, 0.25) is 0 Å². The molecule has 0 saturated heterocycles. The summed E-state index contributed by atoms with van der Waals surface area (Å²) in [6.45, 7) is 8.39. The highest BCUT2D eigenvalue weighted by Gasteiger charge is 2.05. The van der Waals surface area contributed by atoms with E-state index in [-0.39, 0.29) is 6.61 Å². The summed E-state index contributed by atoms with van der Waals surface area (Å²) >= 11 is 0. The first-order valence-corrected chi connectivity index (χ1v) is 7.02. The van der Waals surface area contributed by atoms with E-state index in [0.29, 0.717) is 5.75 Å². The standard InChI is InChI=1S/C12H18O2.C4H10/c1-3-4-5-10-7-12(14)9(2)6-11(10)8-13;1-3-4-2/h6-7,13-14H,3-5,8H2,1-2H3;3-4H2,1-2H3. The molecule has 2 heteroatoms. The van der Waals surface area contributed by atoms with Crippen molar-refractivity contribution in [1.82, 2.24) is 0 Å². The number of phenols is 1. The highest BCUT2D eigenvalue weighted by atomic mass is 16.3. The Morgan fingerprint density at radius 3 is 2.00 bits per heavy atom. The Balaban J connectivity index is 0.000000631. The summed E-state index contributed by atoms with van der Waals surface area (Å²) in [5.74, 6) is 0.327. The molecule has 104 valence electrons. The van der Waals surface area contributed by atoms with Crippen molar-refractivity contribution in [2.24, 2.45) is 0 Å². The number of benzene rings is 1. The molecule has 0 bridgehead atoms. The first-order valence-electron chi connectivity index (χ1n) is 7.02. The summed E-state index contributed by atoms with van der Waals surface area (Å²) in [6, 6.07) is 3.64. The SMILES string of the molecule is CCCC.CCCCc1cc(O)c(C)cc1CO. The van der Waals surface area contributed by atoms with Crippen LogP contribution in [0, 0.1) is 6.92 Å². The van der Waals surface area contributed by atoms with E-state index in [1.54, 1.807) is 6.07 Å². The maximum Gasteiger partial charge on any atom is 0.118 e. The first-order chi connectivity index (χ1) is 8.60. The summed E-state index contributed by atoms with van der Waals surface area (Å²) in [7, 11) is 0. The molecule has 0 unspecified atom stereocenters. The van der Waals surface area contributed by atoms with Crippen molar-refractivity contribution in [3.63, 3.8) is 0 Å². The van der Waals surface area contributed by atoms with Crippen LogP contribution in [0.4, 0.5) is 0 Å². The van der Waals surface area contributed by atoms with Crippen LogP contribution in [0.25, 0.3) is 0 Å². The molecule has 0 saturated carbocycles. The molecule has 1 aromatic rings. The van der Waals surface area contributed by atoms with Crippen molar-refractivity contribution in [2.75, 3.05) is 0 Å². The predicted octanol–water partition coefficient (Wildman–Crippen LogP) is 4.34. The van der Waals surface area contributed by atoms with Gasteiger partial charge in [0.2, 0.25) is 0 Å². The van der Waals surface area contributed by atoms with Crippen LogP contribution in [-0.2, 0) is 13.0 Å². The number of rotatable bonds is 5. The van der Waals surface area contributed by atoms with E-state index in [1.807, 2.05) is 13.0 Å². The molecule has 0 fully saturated rings. The lowest BCUT2D eigenvalue weighted by Crippen LogP contribution is -1.95. The van der Waals surface area contributed by atoms with Gasteiger partial charge < -0.3 is 10.2 Å². The van der Waals surface area contributed by atoms with Crippen LogP contribution in [-0.4, -0.2) is 10.2 Å². The van der Waals surface area contributed by atoms with E-state index in [4.69, 9.17) is 5.11 Å². The van der Waals surface area contributed by atoms with Crippen LogP contribution in [0.15, 0.2) is 12.1 Å². The van der Waals surface area contributed by atoms with Gasteiger partial charge in [-0.05, 0) is 48.6 Å². The fourth-order valence-electron chi connectivity index (χ4n) is 1.55. The van der Waals surface area contributed by atoms with Gasteiger partial charge in [0.05, 0.1) is 6.61 Å². The Kier molecular flexibility index (Phi) is 9.39. The van der Waals surface area contributed by atoms with E-state index < -0.39 is 0 Å². The Labute approximate surface area is 112 Å². The third kappa shape index (κ3) is 6.06. The van der Waals surface area contributed by atoms with E-state index >= 15 is 0 Å². The summed E-state index contributed by atoms with van der Waals surface area (Å²) in [5, 5.41) is 18.7. The summed E-state index contributed by atoms with van der Waals surface area (Å²) in [5.41, 5.74) is 2.83. The van der Waals surface area contributed by atoms with E-state index in [2.05, 4.69) is 20.8 Å². The predicted molar refractivity (Wildman–Crippen MR) is 78.0 cm³/mol. The summed E-state index contributed by atoms with van der Waals surface area (Å²) in [4.78, 5) is 0. The molecule has 0 spiro atoms. The molecular formula is C16H28O2. The zero-order valence-corrected chi connectivity index (χ0v) is 12.3. The molecule has 1 rings (SSSR count). The lowest BCUT2D eigenvalue weighted by Gasteiger charge is -2.09. The van der Waals surface area contributed by atoms with E-state index in [1.165, 1.54) is 12.8 Å². The van der Waals surface area contributed by atoms with Gasteiger partial charge in [-0.3, -0.25) is 0 Å². The number of hydrogen-bond acceptors (Lipinski definition) is 2. The van der Waals surface area contributed by atoms with Gasteiger partial charge in [0.25, 0.3) is 0 Å². The Bertz CT molecular complexity index is 330. The quantitative estimate of drug-likeness (QED) is 0.818. The van der Waals surface area contributed by atoms with Crippen molar-refractivity contribution in [1.29, 1.82) is 0 Å². The second-order valence-electron chi connectivity index (χ2n) is 4.67. The number of aromatic hydroxyl groups is 1. The smallest absolute Gasteiger partial charge is 0.118 e. The van der Waals surface area contributed by atoms with Crippen LogP contribution in [0.3, 0.4) is 0 Å². The maximum absolute atomic E-state index is 9.54. The third-order valence-corrected chi connectivity index (χ3v) is 2.99. The average Bonchev–Trinajstić information content (AvgIpc) is 2.39. The van der Waals surface area contributed by atoms with Crippen molar-refractivity contribution in [3.05, 3.63) is 28.8 Å². The molecule has 0 aliphatic rings. The maximum atomic E-state index is 9.54. The van der Waals surface area contributed by atoms with Crippen LogP contribution in [0.1, 0.15) is 63.1 Å². The minimum Gasteiger partial charge on any atom is -0.508 e. The number of aliphatic hydroxyl groups excluding tert-OH is 1. The molecule has 2 N–H and O–H groups in total. The van der Waals surface area contributed by atoms with Gasteiger partial charge >= 0.3 is 0 Å². The highest BCUT2D eigenvalue weighted by Crippen LogP contribution is 2.23. The Hall–Kier alpha value is -1.02. The number of phenolic OH excluding ortho intramolecular Hbond substituents is 1. The Morgan fingerprint density at radius 2 is 1.56 bits per heavy atom. The van der Waals surface area contributed by atoms with Gasteiger partial charge in [-0.1, -0.05) is 40.0 Å². The zero-order valence-electron chi connectivity index (χ0n) is 12.3. The second-order valence-corrected chi connectivity index (χ2v) is 4.67. The molecule has 0 aromatic heterocycles. The molecule has 18 heavy (non-hydrogen) atoms. The minimum absolute atomic E-state index is 0.0557. The molecule has 0 aliphatic carbocycles. The van der Waals surface area contributed by atoms with Crippen LogP contribution in [0.5, 0.6) is 5.75 Å². The van der Waals surface area contributed by atoms with Gasteiger partial charge in [-0.25, -0.2) is 0 Å². The van der Waals surface area contributed by atoms with Gasteiger partial charge in [0, 0.05) is 0 Å². The van der Waals surface area contributed by atoms with Crippen molar-refractivity contribution in [3.8, 4) is 5.75 Å². The topological polar surface area (TPSA) is 40.5 Å². The molecule has 0 heterocycles. The summed E-state index contributed by atoms with van der Waals surface area (Å²) in [6.07, 6.45) is 5.79. The lowest BCUT2D eigenvalue weighted by atomic mass is 9.99.